The highest BCUT2D eigenvalue weighted by Crippen LogP contribution is 2.25. The van der Waals surface area contributed by atoms with Crippen LogP contribution < -0.4 is 5.32 Å². The number of alkyl carbamates (subject to hydrolysis) is 1. The Balaban J connectivity index is 4.03. The maximum Gasteiger partial charge on any atom is 0.408 e. The molecule has 0 aliphatic heterocycles. The van der Waals surface area contributed by atoms with Crippen molar-refractivity contribution in [2.24, 2.45) is 0 Å². The molecule has 0 aromatic rings. The molecule has 0 unspecified atom stereocenters. The molecular weight excluding hydrogens is 268 g/mol. The fraction of sp³-hybridized carbons (Fsp3) is 0.429. The van der Waals surface area contributed by atoms with Gasteiger partial charge in [-0.1, -0.05) is 40.9 Å². The molecule has 0 aromatic carbocycles. The van der Waals surface area contributed by atoms with Crippen molar-refractivity contribution >= 4 is 46.9 Å². The summed E-state index contributed by atoms with van der Waals surface area (Å²) in [6.07, 6.45) is 0.0208. The fourth-order valence-electron chi connectivity index (χ4n) is 0.537. The normalized spacial score (nSPS) is 12.7. The summed E-state index contributed by atoms with van der Waals surface area (Å²) in [5, 5.41) is 10.5. The Morgan fingerprint density at radius 2 is 2.07 bits per heavy atom. The number of aliphatic carboxylic acids is 1. The Morgan fingerprint density at radius 1 is 1.53 bits per heavy atom. The number of hydrogen-bond acceptors (Lipinski definition) is 3. The minimum Gasteiger partial charge on any atom is -0.479 e. The Hall–Kier alpha value is -0.650. The molecule has 0 fully saturated rings. The molecule has 1 atom stereocenters. The van der Waals surface area contributed by atoms with Crippen LogP contribution in [0.2, 0.25) is 0 Å². The zero-order valence-corrected chi connectivity index (χ0v) is 9.64. The molecule has 0 heterocycles. The number of carboxylic acids is 1. The molecule has 8 heteroatoms. The van der Waals surface area contributed by atoms with Gasteiger partial charge in [-0.3, -0.25) is 0 Å². The van der Waals surface area contributed by atoms with Gasteiger partial charge in [-0.25, -0.2) is 9.59 Å². The molecule has 0 saturated heterocycles. The number of carboxylic acid groups (broad SMARTS) is 1. The largest absolute Gasteiger partial charge is 0.479 e. The summed E-state index contributed by atoms with van der Waals surface area (Å²) in [7, 11) is 0. The van der Waals surface area contributed by atoms with Gasteiger partial charge in [-0.05, 0) is 0 Å². The highest BCUT2D eigenvalue weighted by molar-refractivity contribution is 6.67. The number of ether oxygens (including phenoxy) is 1. The van der Waals surface area contributed by atoms with Crippen molar-refractivity contribution in [3.63, 3.8) is 0 Å². The fourth-order valence-corrected chi connectivity index (χ4v) is 0.701. The van der Waals surface area contributed by atoms with Crippen molar-refractivity contribution in [1.82, 2.24) is 5.32 Å². The molecule has 0 spiro atoms. The van der Waals surface area contributed by atoms with Gasteiger partial charge in [-0.2, -0.15) is 0 Å². The first-order valence-electron chi connectivity index (χ1n) is 3.61. The van der Waals surface area contributed by atoms with E-state index in [0.29, 0.717) is 0 Å². The van der Waals surface area contributed by atoms with E-state index in [2.05, 4.69) is 11.3 Å². The highest BCUT2D eigenvalue weighted by atomic mass is 35.6. The van der Waals surface area contributed by atoms with Crippen LogP contribution in [0.5, 0.6) is 0 Å². The van der Waals surface area contributed by atoms with Gasteiger partial charge in [0.05, 0.1) is 0 Å². The number of carbonyl (C=O) groups excluding carboxylic acids is 1. The molecular formula is C7H8Cl3NO4. The van der Waals surface area contributed by atoms with Gasteiger partial charge in [0.1, 0.15) is 12.6 Å². The average Bonchev–Trinajstić information content (AvgIpc) is 2.09. The topological polar surface area (TPSA) is 75.6 Å². The third-order valence-electron chi connectivity index (χ3n) is 1.14. The summed E-state index contributed by atoms with van der Waals surface area (Å²) in [6.45, 7) is 2.74. The predicted molar refractivity (Wildman–Crippen MR) is 56.4 cm³/mol. The van der Waals surface area contributed by atoms with E-state index in [4.69, 9.17) is 39.9 Å². The number of rotatable bonds is 4. The summed E-state index contributed by atoms with van der Waals surface area (Å²) in [6, 6.07) is -1.24. The van der Waals surface area contributed by atoms with Gasteiger partial charge in [0.2, 0.25) is 3.79 Å². The van der Waals surface area contributed by atoms with E-state index in [-0.39, 0.29) is 0 Å². The van der Waals surface area contributed by atoms with Gasteiger partial charge in [0, 0.05) is 0 Å². The molecule has 5 nitrogen and oxygen atoms in total. The first kappa shape index (κ1) is 14.3. The molecule has 0 aromatic heterocycles. The van der Waals surface area contributed by atoms with Crippen molar-refractivity contribution in [1.29, 1.82) is 0 Å². The SMILES string of the molecule is C=C[C@@H](NC(=O)OCC(Cl)(Cl)Cl)C(=O)O. The minimum absolute atomic E-state index is 0.479. The van der Waals surface area contributed by atoms with Crippen LogP contribution in [0.4, 0.5) is 4.79 Å². The van der Waals surface area contributed by atoms with Gasteiger partial charge in [-0.15, -0.1) is 6.58 Å². The lowest BCUT2D eigenvalue weighted by Crippen LogP contribution is -2.40. The van der Waals surface area contributed by atoms with E-state index >= 15 is 0 Å². The number of nitrogens with one attached hydrogen (secondary N) is 1. The standard InChI is InChI=1S/C7H8Cl3NO4/c1-2-4(5(12)13)11-6(14)15-3-7(8,9)10/h2,4H,1,3H2,(H,11,14)(H,12,13)/t4-/m1/s1. The van der Waals surface area contributed by atoms with Gasteiger partial charge in [0.25, 0.3) is 0 Å². The van der Waals surface area contributed by atoms with E-state index in [1.54, 1.807) is 0 Å². The zero-order valence-electron chi connectivity index (χ0n) is 7.37. The Kier molecular flexibility index (Phi) is 5.79. The zero-order chi connectivity index (χ0) is 12.1. The maximum atomic E-state index is 10.9. The third kappa shape index (κ3) is 7.30. The molecule has 86 valence electrons. The van der Waals surface area contributed by atoms with E-state index in [1.165, 1.54) is 0 Å². The van der Waals surface area contributed by atoms with Gasteiger partial charge in [0.15, 0.2) is 0 Å². The second-order valence-corrected chi connectivity index (χ2v) is 4.90. The van der Waals surface area contributed by atoms with E-state index in [1.807, 2.05) is 5.32 Å². The lowest BCUT2D eigenvalue weighted by Gasteiger charge is -2.13. The first-order chi connectivity index (χ1) is 6.76. The second kappa shape index (κ2) is 6.05. The molecule has 1 amide bonds. The van der Waals surface area contributed by atoms with Crippen molar-refractivity contribution in [3.05, 3.63) is 12.7 Å². The molecule has 15 heavy (non-hydrogen) atoms. The molecule has 0 aliphatic carbocycles. The van der Waals surface area contributed by atoms with Crippen molar-refractivity contribution in [2.75, 3.05) is 6.61 Å². The Labute approximate surface area is 101 Å². The van der Waals surface area contributed by atoms with Crippen molar-refractivity contribution in [3.8, 4) is 0 Å². The van der Waals surface area contributed by atoms with E-state index in [0.717, 1.165) is 6.08 Å². The van der Waals surface area contributed by atoms with E-state index < -0.39 is 28.5 Å². The summed E-state index contributed by atoms with van der Waals surface area (Å²) >= 11 is 15.9. The summed E-state index contributed by atoms with van der Waals surface area (Å²) in [4.78, 5) is 21.4. The Bertz CT molecular complexity index is 263. The first-order valence-corrected chi connectivity index (χ1v) is 4.75. The summed E-state index contributed by atoms with van der Waals surface area (Å²) in [5.74, 6) is -1.27. The van der Waals surface area contributed by atoms with Crippen LogP contribution in [0.3, 0.4) is 0 Å². The van der Waals surface area contributed by atoms with E-state index in [9.17, 15) is 9.59 Å². The maximum absolute atomic E-state index is 10.9. The van der Waals surface area contributed by atoms with Crippen LogP contribution in [0.1, 0.15) is 0 Å². The highest BCUT2D eigenvalue weighted by Gasteiger charge is 2.23. The number of amides is 1. The van der Waals surface area contributed by atoms with Crippen molar-refractivity contribution < 1.29 is 19.4 Å². The van der Waals surface area contributed by atoms with Crippen molar-refractivity contribution in [2.45, 2.75) is 9.83 Å². The second-order valence-electron chi connectivity index (χ2n) is 2.39. The molecule has 0 rings (SSSR count). The summed E-state index contributed by atoms with van der Waals surface area (Å²) in [5.41, 5.74) is 0. The number of alkyl halides is 3. The lowest BCUT2D eigenvalue weighted by atomic mass is 10.3. The van der Waals surface area contributed by atoms with Crippen LogP contribution in [0, 0.1) is 0 Å². The van der Waals surface area contributed by atoms with Crippen LogP contribution >= 0.6 is 34.8 Å². The number of carbonyl (C=O) groups is 2. The molecule has 0 radical (unpaired) electrons. The number of hydrogen-bond donors (Lipinski definition) is 2. The average molecular weight is 277 g/mol. The number of halogens is 3. The quantitative estimate of drug-likeness (QED) is 0.605. The Morgan fingerprint density at radius 3 is 2.40 bits per heavy atom. The van der Waals surface area contributed by atoms with Crippen LogP contribution in [-0.2, 0) is 9.53 Å². The molecule has 0 saturated carbocycles. The third-order valence-corrected chi connectivity index (χ3v) is 1.47. The van der Waals surface area contributed by atoms with Crippen LogP contribution in [-0.4, -0.2) is 33.6 Å². The molecule has 0 aliphatic rings. The monoisotopic (exact) mass is 275 g/mol. The van der Waals surface area contributed by atoms with Crippen LogP contribution in [0.15, 0.2) is 12.7 Å². The van der Waals surface area contributed by atoms with Gasteiger partial charge >= 0.3 is 12.1 Å². The lowest BCUT2D eigenvalue weighted by molar-refractivity contribution is -0.138. The van der Waals surface area contributed by atoms with Gasteiger partial charge < -0.3 is 15.2 Å². The van der Waals surface area contributed by atoms with Crippen LogP contribution in [0.25, 0.3) is 0 Å². The molecule has 2 N–H and O–H groups in total. The summed E-state index contributed by atoms with van der Waals surface area (Å²) < 4.78 is 2.70. The predicted octanol–water partition coefficient (Wildman–Crippen LogP) is 1.72. The smallest absolute Gasteiger partial charge is 0.408 e. The minimum atomic E-state index is -1.73. The molecule has 0 bridgehead atoms.